The molecule has 0 aliphatic heterocycles. The molecule has 0 atom stereocenters. The Morgan fingerprint density at radius 3 is 2.47 bits per heavy atom. The molecule has 0 bridgehead atoms. The van der Waals surface area contributed by atoms with Crippen molar-refractivity contribution in [2.45, 2.75) is 45.1 Å². The van der Waals surface area contributed by atoms with Crippen molar-refractivity contribution in [3.63, 3.8) is 0 Å². The predicted molar refractivity (Wildman–Crippen MR) is 74.8 cm³/mol. The lowest BCUT2D eigenvalue weighted by molar-refractivity contribution is 0.0927. The number of nitrogens with zero attached hydrogens (tertiary/aromatic N) is 1. The van der Waals surface area contributed by atoms with E-state index in [1.165, 1.54) is 19.3 Å². The van der Waals surface area contributed by atoms with Crippen molar-refractivity contribution >= 4 is 11.6 Å². The van der Waals surface area contributed by atoms with Crippen LogP contribution >= 0.6 is 0 Å². The maximum absolute atomic E-state index is 12.3. The van der Waals surface area contributed by atoms with Crippen molar-refractivity contribution in [2.75, 3.05) is 0 Å². The Kier molecular flexibility index (Phi) is 4.55. The first-order valence-corrected chi connectivity index (χ1v) is 6.81. The van der Waals surface area contributed by atoms with Gasteiger partial charge in [0.15, 0.2) is 0 Å². The predicted octanol–water partition coefficient (Wildman–Crippen LogP) is 2.95. The van der Waals surface area contributed by atoms with Crippen molar-refractivity contribution in [3.05, 3.63) is 35.4 Å². The summed E-state index contributed by atoms with van der Waals surface area (Å²) in [7, 11) is 0. The molecule has 4 heteroatoms. The number of hydrogen-bond donors (Lipinski definition) is 2. The first-order chi connectivity index (χ1) is 9.22. The fraction of sp³-hybridized carbons (Fsp3) is 0.467. The van der Waals surface area contributed by atoms with Gasteiger partial charge in [-0.15, -0.1) is 0 Å². The van der Waals surface area contributed by atoms with Crippen LogP contribution < -0.4 is 5.32 Å². The Bertz CT molecular complexity index is 477. The van der Waals surface area contributed by atoms with Gasteiger partial charge in [0, 0.05) is 17.2 Å². The molecule has 1 aromatic rings. The van der Waals surface area contributed by atoms with E-state index in [1.54, 1.807) is 19.1 Å². The van der Waals surface area contributed by atoms with Gasteiger partial charge in [0.25, 0.3) is 5.91 Å². The molecule has 2 N–H and O–H groups in total. The summed E-state index contributed by atoms with van der Waals surface area (Å²) in [4.78, 5) is 12.3. The number of hydrogen-bond acceptors (Lipinski definition) is 3. The molecular formula is C15H20N2O2. The Labute approximate surface area is 113 Å². The second-order valence-electron chi connectivity index (χ2n) is 5.04. The second-order valence-corrected chi connectivity index (χ2v) is 5.04. The summed E-state index contributed by atoms with van der Waals surface area (Å²) in [5, 5.41) is 15.1. The maximum Gasteiger partial charge on any atom is 0.252 e. The van der Waals surface area contributed by atoms with Crippen molar-refractivity contribution < 1.29 is 10.0 Å². The standard InChI is InChI=1S/C15H20N2O2/c1-11(17-19)13-9-5-6-10-14(13)15(18)16-12-7-3-2-4-8-12/h5-6,9-10,12,19H,2-4,7-8H2,1H3,(H,16,18). The van der Waals surface area contributed by atoms with Crippen molar-refractivity contribution in [1.82, 2.24) is 5.32 Å². The Balaban J connectivity index is 2.14. The zero-order chi connectivity index (χ0) is 13.7. The molecule has 0 spiro atoms. The highest BCUT2D eigenvalue weighted by Gasteiger charge is 2.19. The van der Waals surface area contributed by atoms with Gasteiger partial charge in [0.1, 0.15) is 0 Å². The van der Waals surface area contributed by atoms with Gasteiger partial charge in [-0.2, -0.15) is 0 Å². The van der Waals surface area contributed by atoms with E-state index in [4.69, 9.17) is 5.21 Å². The summed E-state index contributed by atoms with van der Waals surface area (Å²) in [6.07, 6.45) is 5.74. The molecular weight excluding hydrogens is 240 g/mol. The van der Waals surface area contributed by atoms with Crippen molar-refractivity contribution in [1.29, 1.82) is 0 Å². The van der Waals surface area contributed by atoms with Crippen molar-refractivity contribution in [3.8, 4) is 0 Å². The Hall–Kier alpha value is -1.84. The number of carbonyl (C=O) groups is 1. The van der Waals surface area contributed by atoms with E-state index in [9.17, 15) is 4.79 Å². The van der Waals surface area contributed by atoms with Crippen LogP contribution in [0.15, 0.2) is 29.4 Å². The summed E-state index contributed by atoms with van der Waals surface area (Å²) >= 11 is 0. The number of oxime groups is 1. The van der Waals surface area contributed by atoms with Crippen LogP contribution in [0.5, 0.6) is 0 Å². The highest BCUT2D eigenvalue weighted by molar-refractivity contribution is 6.09. The lowest BCUT2D eigenvalue weighted by Gasteiger charge is -2.23. The van der Waals surface area contributed by atoms with Crippen LogP contribution in [-0.4, -0.2) is 22.9 Å². The molecule has 4 nitrogen and oxygen atoms in total. The molecule has 102 valence electrons. The number of benzene rings is 1. The Morgan fingerprint density at radius 2 is 1.84 bits per heavy atom. The van der Waals surface area contributed by atoms with Crippen LogP contribution in [0.1, 0.15) is 54.9 Å². The molecule has 1 aliphatic rings. The van der Waals surface area contributed by atoms with Gasteiger partial charge in [-0.05, 0) is 25.8 Å². The van der Waals surface area contributed by atoms with Gasteiger partial charge in [0.05, 0.1) is 5.71 Å². The lowest BCUT2D eigenvalue weighted by atomic mass is 9.95. The van der Waals surface area contributed by atoms with Crippen LogP contribution in [0.3, 0.4) is 0 Å². The third-order valence-electron chi connectivity index (χ3n) is 3.65. The summed E-state index contributed by atoms with van der Waals surface area (Å²) in [6, 6.07) is 7.50. The molecule has 1 amide bonds. The molecule has 2 rings (SSSR count). The fourth-order valence-electron chi connectivity index (χ4n) is 2.56. The highest BCUT2D eigenvalue weighted by atomic mass is 16.4. The fourth-order valence-corrected chi connectivity index (χ4v) is 2.56. The van der Waals surface area contributed by atoms with E-state index in [-0.39, 0.29) is 11.9 Å². The molecule has 0 unspecified atom stereocenters. The number of amides is 1. The van der Waals surface area contributed by atoms with Gasteiger partial charge in [0.2, 0.25) is 0 Å². The van der Waals surface area contributed by atoms with Crippen LogP contribution in [0.2, 0.25) is 0 Å². The number of nitrogens with one attached hydrogen (secondary N) is 1. The zero-order valence-electron chi connectivity index (χ0n) is 11.2. The van der Waals surface area contributed by atoms with Crippen LogP contribution in [0.25, 0.3) is 0 Å². The summed E-state index contributed by atoms with van der Waals surface area (Å²) in [5.74, 6) is -0.0782. The van der Waals surface area contributed by atoms with E-state index >= 15 is 0 Å². The largest absolute Gasteiger partial charge is 0.411 e. The van der Waals surface area contributed by atoms with E-state index in [2.05, 4.69) is 10.5 Å². The molecule has 19 heavy (non-hydrogen) atoms. The van der Waals surface area contributed by atoms with Gasteiger partial charge in [-0.1, -0.05) is 42.6 Å². The number of carbonyl (C=O) groups excluding carboxylic acids is 1. The van der Waals surface area contributed by atoms with E-state index in [0.717, 1.165) is 12.8 Å². The third kappa shape index (κ3) is 3.34. The molecule has 1 saturated carbocycles. The summed E-state index contributed by atoms with van der Waals surface area (Å²) < 4.78 is 0. The van der Waals surface area contributed by atoms with Gasteiger partial charge >= 0.3 is 0 Å². The minimum Gasteiger partial charge on any atom is -0.411 e. The smallest absolute Gasteiger partial charge is 0.252 e. The topological polar surface area (TPSA) is 61.7 Å². The van der Waals surface area contributed by atoms with E-state index < -0.39 is 0 Å². The molecule has 0 aromatic heterocycles. The minimum absolute atomic E-state index is 0.0782. The van der Waals surface area contributed by atoms with Gasteiger partial charge < -0.3 is 10.5 Å². The summed E-state index contributed by atoms with van der Waals surface area (Å²) in [5.41, 5.74) is 1.70. The molecule has 0 radical (unpaired) electrons. The summed E-state index contributed by atoms with van der Waals surface area (Å²) in [6.45, 7) is 1.69. The highest BCUT2D eigenvalue weighted by Crippen LogP contribution is 2.18. The average molecular weight is 260 g/mol. The first-order valence-electron chi connectivity index (χ1n) is 6.81. The molecule has 1 fully saturated rings. The van der Waals surface area contributed by atoms with Crippen LogP contribution in [-0.2, 0) is 0 Å². The SMILES string of the molecule is CC(=NO)c1ccccc1C(=O)NC1CCCCC1. The van der Waals surface area contributed by atoms with Gasteiger partial charge in [-0.3, -0.25) is 4.79 Å². The number of rotatable bonds is 3. The zero-order valence-corrected chi connectivity index (χ0v) is 11.2. The van der Waals surface area contributed by atoms with E-state index in [1.807, 2.05) is 12.1 Å². The first kappa shape index (κ1) is 13.6. The molecule has 1 aromatic carbocycles. The molecule has 1 aliphatic carbocycles. The molecule has 0 saturated heterocycles. The normalized spacial score (nSPS) is 17.2. The van der Waals surface area contributed by atoms with Crippen molar-refractivity contribution in [2.24, 2.45) is 5.16 Å². The van der Waals surface area contributed by atoms with E-state index in [0.29, 0.717) is 16.8 Å². The van der Waals surface area contributed by atoms with Gasteiger partial charge in [-0.25, -0.2) is 0 Å². The maximum atomic E-state index is 12.3. The third-order valence-corrected chi connectivity index (χ3v) is 3.65. The van der Waals surface area contributed by atoms with Crippen LogP contribution in [0.4, 0.5) is 0 Å². The monoisotopic (exact) mass is 260 g/mol. The minimum atomic E-state index is -0.0782. The quantitative estimate of drug-likeness (QED) is 0.498. The molecule has 0 heterocycles. The second kappa shape index (κ2) is 6.36. The lowest BCUT2D eigenvalue weighted by Crippen LogP contribution is -2.36. The van der Waals surface area contributed by atoms with Crippen LogP contribution in [0, 0.1) is 0 Å². The Morgan fingerprint density at radius 1 is 1.21 bits per heavy atom. The average Bonchev–Trinajstić information content (AvgIpc) is 2.47.